The van der Waals surface area contributed by atoms with Gasteiger partial charge < -0.3 is 4.74 Å². The molecule has 18 heavy (non-hydrogen) atoms. The van der Waals surface area contributed by atoms with Crippen LogP contribution in [0.4, 0.5) is 35.1 Å². The van der Waals surface area contributed by atoms with Gasteiger partial charge in [-0.25, -0.2) is 0 Å². The van der Waals surface area contributed by atoms with E-state index in [0.29, 0.717) is 0 Å². The summed E-state index contributed by atoms with van der Waals surface area (Å²) in [5, 5.41) is -2.51. The van der Waals surface area contributed by atoms with Crippen LogP contribution >= 0.6 is 23.2 Å². The van der Waals surface area contributed by atoms with Gasteiger partial charge in [0.05, 0.1) is 0 Å². The number of alkyl halides is 9. The molecule has 0 saturated carbocycles. The highest BCUT2D eigenvalue weighted by molar-refractivity contribution is 6.31. The van der Waals surface area contributed by atoms with Gasteiger partial charge in [0, 0.05) is 0 Å². The molecule has 0 amide bonds. The van der Waals surface area contributed by atoms with E-state index in [9.17, 15) is 35.1 Å². The lowest BCUT2D eigenvalue weighted by Gasteiger charge is -2.41. The second-order valence-electron chi connectivity index (χ2n) is 3.19. The topological polar surface area (TPSA) is 9.23 Å². The molecule has 11 heteroatoms. The number of ether oxygens (including phenoxy) is 1. The van der Waals surface area contributed by atoms with Crippen LogP contribution in [0.1, 0.15) is 0 Å². The first-order valence-corrected chi connectivity index (χ1v) is 4.87. The van der Waals surface area contributed by atoms with Crippen LogP contribution < -0.4 is 0 Å². The van der Waals surface area contributed by atoms with Crippen molar-refractivity contribution in [2.24, 2.45) is 0 Å². The molecular weight excluding hydrogens is 323 g/mol. The van der Waals surface area contributed by atoms with Gasteiger partial charge in [0.15, 0.2) is 11.8 Å². The van der Waals surface area contributed by atoms with Crippen molar-refractivity contribution in [1.82, 2.24) is 0 Å². The normalized spacial score (nSPS) is 28.1. The standard InChI is InChI=1S/C7H2Cl2F8O/c8-1-18-3-2(9)4(10,11)6(14,15)7(16,17)5(3,12)13/h1H2. The zero-order valence-corrected chi connectivity index (χ0v) is 9.41. The maximum Gasteiger partial charge on any atom is 0.386 e. The van der Waals surface area contributed by atoms with Crippen LogP contribution in [0.3, 0.4) is 0 Å². The fraction of sp³-hybridized carbons (Fsp3) is 0.714. The number of halogens is 10. The Morgan fingerprint density at radius 2 is 1.22 bits per heavy atom. The van der Waals surface area contributed by atoms with E-state index in [1.807, 2.05) is 0 Å². The van der Waals surface area contributed by atoms with Crippen molar-refractivity contribution in [3.05, 3.63) is 10.8 Å². The Kier molecular flexibility index (Phi) is 3.49. The molecule has 0 aliphatic heterocycles. The summed E-state index contributed by atoms with van der Waals surface area (Å²) in [7, 11) is 0. The summed E-state index contributed by atoms with van der Waals surface area (Å²) >= 11 is 9.36. The van der Waals surface area contributed by atoms with Crippen LogP contribution in [0.15, 0.2) is 10.8 Å². The summed E-state index contributed by atoms with van der Waals surface area (Å²) in [4.78, 5) is 0. The van der Waals surface area contributed by atoms with E-state index in [2.05, 4.69) is 16.3 Å². The van der Waals surface area contributed by atoms with Crippen LogP contribution in [-0.4, -0.2) is 29.8 Å². The van der Waals surface area contributed by atoms with E-state index < -0.39 is 40.5 Å². The highest BCUT2D eigenvalue weighted by atomic mass is 35.5. The molecule has 0 saturated heterocycles. The van der Waals surface area contributed by atoms with E-state index >= 15 is 0 Å². The SMILES string of the molecule is FC1(F)C(Cl)=C(OCCl)C(F)(F)C(F)(F)C1(F)F. The average Bonchev–Trinajstić information content (AvgIpc) is 2.22. The Morgan fingerprint density at radius 3 is 1.61 bits per heavy atom. The van der Waals surface area contributed by atoms with Gasteiger partial charge in [-0.05, 0) is 0 Å². The molecule has 0 aromatic carbocycles. The number of hydrogen-bond acceptors (Lipinski definition) is 1. The second-order valence-corrected chi connectivity index (χ2v) is 3.79. The molecule has 1 aliphatic rings. The van der Waals surface area contributed by atoms with Crippen molar-refractivity contribution >= 4 is 23.2 Å². The fourth-order valence-corrected chi connectivity index (χ4v) is 1.56. The third-order valence-corrected chi connectivity index (χ3v) is 2.66. The van der Waals surface area contributed by atoms with E-state index in [1.54, 1.807) is 0 Å². The number of rotatable bonds is 2. The van der Waals surface area contributed by atoms with Crippen molar-refractivity contribution in [1.29, 1.82) is 0 Å². The Labute approximate surface area is 104 Å². The van der Waals surface area contributed by atoms with Crippen molar-refractivity contribution in [3.8, 4) is 0 Å². The van der Waals surface area contributed by atoms with Crippen molar-refractivity contribution in [2.75, 3.05) is 6.07 Å². The largest absolute Gasteiger partial charge is 0.474 e. The molecule has 1 rings (SSSR count). The first-order chi connectivity index (χ1) is 7.85. The molecule has 0 fully saturated rings. The van der Waals surface area contributed by atoms with E-state index in [-0.39, 0.29) is 0 Å². The highest BCUT2D eigenvalue weighted by Crippen LogP contribution is 2.62. The van der Waals surface area contributed by atoms with Gasteiger partial charge in [-0.15, -0.1) is 0 Å². The zero-order chi connectivity index (χ0) is 14.6. The summed E-state index contributed by atoms with van der Waals surface area (Å²) in [6, 6.07) is -1.25. The summed E-state index contributed by atoms with van der Waals surface area (Å²) in [5.41, 5.74) is 0. The molecule has 0 unspecified atom stereocenters. The van der Waals surface area contributed by atoms with Gasteiger partial charge in [-0.1, -0.05) is 23.2 Å². The van der Waals surface area contributed by atoms with Gasteiger partial charge >= 0.3 is 23.7 Å². The lowest BCUT2D eigenvalue weighted by Crippen LogP contribution is -2.66. The molecular formula is C7H2Cl2F8O. The summed E-state index contributed by atoms with van der Waals surface area (Å²) in [6.07, 6.45) is 0. The van der Waals surface area contributed by atoms with Crippen LogP contribution in [0.5, 0.6) is 0 Å². The van der Waals surface area contributed by atoms with Crippen LogP contribution in [-0.2, 0) is 4.74 Å². The Balaban J connectivity index is 3.62. The minimum absolute atomic E-state index is 1.25. The molecule has 0 atom stereocenters. The van der Waals surface area contributed by atoms with E-state index in [1.165, 1.54) is 0 Å². The van der Waals surface area contributed by atoms with Crippen molar-refractivity contribution in [3.63, 3.8) is 0 Å². The van der Waals surface area contributed by atoms with Crippen molar-refractivity contribution in [2.45, 2.75) is 23.7 Å². The third-order valence-electron chi connectivity index (χ3n) is 2.14. The quantitative estimate of drug-likeness (QED) is 0.546. The minimum Gasteiger partial charge on any atom is -0.474 e. The smallest absolute Gasteiger partial charge is 0.386 e. The fourth-order valence-electron chi connectivity index (χ4n) is 1.16. The number of allylic oxidation sites excluding steroid dienone is 2. The van der Waals surface area contributed by atoms with Gasteiger partial charge in [0.1, 0.15) is 5.03 Å². The third kappa shape index (κ3) is 1.59. The molecule has 106 valence electrons. The molecule has 0 spiro atoms. The van der Waals surface area contributed by atoms with Crippen LogP contribution in [0.25, 0.3) is 0 Å². The molecule has 0 heterocycles. The Bertz CT molecular complexity index is 391. The van der Waals surface area contributed by atoms with Crippen molar-refractivity contribution < 1.29 is 39.9 Å². The van der Waals surface area contributed by atoms with Gasteiger partial charge in [0.25, 0.3) is 0 Å². The van der Waals surface area contributed by atoms with Gasteiger partial charge in [-0.2, -0.15) is 35.1 Å². The molecule has 0 aromatic rings. The predicted molar refractivity (Wildman–Crippen MR) is 44.5 cm³/mol. The lowest BCUT2D eigenvalue weighted by molar-refractivity contribution is -0.364. The molecule has 0 N–H and O–H groups in total. The Hall–Kier alpha value is -0.440. The first kappa shape index (κ1) is 15.6. The minimum atomic E-state index is -6.39. The molecule has 0 aromatic heterocycles. The van der Waals surface area contributed by atoms with E-state index in [4.69, 9.17) is 11.6 Å². The molecule has 0 radical (unpaired) electrons. The Morgan fingerprint density at radius 1 is 0.833 bits per heavy atom. The number of hydrogen-bond donors (Lipinski definition) is 0. The van der Waals surface area contributed by atoms with Crippen LogP contribution in [0, 0.1) is 0 Å². The first-order valence-electron chi connectivity index (χ1n) is 3.96. The summed E-state index contributed by atoms with van der Waals surface area (Å²) < 4.78 is 107. The highest BCUT2D eigenvalue weighted by Gasteiger charge is 2.86. The van der Waals surface area contributed by atoms with Crippen LogP contribution in [0.2, 0.25) is 0 Å². The van der Waals surface area contributed by atoms with Gasteiger partial charge in [0.2, 0.25) is 0 Å². The lowest BCUT2D eigenvalue weighted by atomic mass is 9.90. The molecule has 1 aliphatic carbocycles. The summed E-state index contributed by atoms with van der Waals surface area (Å²) in [6.45, 7) is 0. The molecule has 1 nitrogen and oxygen atoms in total. The maximum absolute atomic E-state index is 13.0. The van der Waals surface area contributed by atoms with Gasteiger partial charge in [-0.3, -0.25) is 0 Å². The zero-order valence-electron chi connectivity index (χ0n) is 7.89. The van der Waals surface area contributed by atoms with E-state index in [0.717, 1.165) is 0 Å². The second kappa shape index (κ2) is 4.03. The maximum atomic E-state index is 13.0. The molecule has 0 bridgehead atoms. The predicted octanol–water partition coefficient (Wildman–Crippen LogP) is 4.20. The monoisotopic (exact) mass is 324 g/mol. The average molecular weight is 325 g/mol. The summed E-state index contributed by atoms with van der Waals surface area (Å²) in [5.74, 6) is -26.7.